The molecule has 6 nitrogen and oxygen atoms in total. The summed E-state index contributed by atoms with van der Waals surface area (Å²) in [6, 6.07) is 4.76. The van der Waals surface area contributed by atoms with E-state index in [0.717, 1.165) is 5.56 Å². The quantitative estimate of drug-likeness (QED) is 0.726. The summed E-state index contributed by atoms with van der Waals surface area (Å²) in [5, 5.41) is 17.8. The van der Waals surface area contributed by atoms with Crippen molar-refractivity contribution in [3.63, 3.8) is 0 Å². The summed E-state index contributed by atoms with van der Waals surface area (Å²) in [6.45, 7) is 1.03. The van der Waals surface area contributed by atoms with E-state index < -0.39 is 29.9 Å². The number of anilines is 1. The number of aliphatic hydroxyl groups excluding tert-OH is 1. The van der Waals surface area contributed by atoms with Crippen LogP contribution in [0.3, 0.4) is 0 Å². The van der Waals surface area contributed by atoms with Crippen LogP contribution in [-0.4, -0.2) is 37.6 Å². The summed E-state index contributed by atoms with van der Waals surface area (Å²) in [6.07, 6.45) is 0. The maximum absolute atomic E-state index is 11.0. The molecule has 0 saturated carbocycles. The monoisotopic (exact) mass is 258 g/mol. The molecular weight excluding hydrogens is 246 g/mol. The van der Waals surface area contributed by atoms with Gasteiger partial charge < -0.3 is 14.8 Å². The van der Waals surface area contributed by atoms with Crippen LogP contribution in [0, 0.1) is 6.92 Å². The van der Waals surface area contributed by atoms with E-state index in [2.05, 4.69) is 0 Å². The number of carboxylic acids is 1. The van der Waals surface area contributed by atoms with Crippen LogP contribution >= 0.6 is 0 Å². The number of aliphatic hydroxyl groups is 1. The molecular formula is C10H12NO5S-. The van der Waals surface area contributed by atoms with Gasteiger partial charge in [0.1, 0.15) is 0 Å². The van der Waals surface area contributed by atoms with Crippen LogP contribution in [0.2, 0.25) is 0 Å². The van der Waals surface area contributed by atoms with Gasteiger partial charge in [0.15, 0.2) is 6.04 Å². The maximum Gasteiger partial charge on any atom is 0.329 e. The molecule has 0 heterocycles. The lowest BCUT2D eigenvalue weighted by atomic mass is 10.2. The van der Waals surface area contributed by atoms with Crippen LogP contribution < -0.4 is 4.31 Å². The van der Waals surface area contributed by atoms with Gasteiger partial charge in [-0.2, -0.15) is 0 Å². The Morgan fingerprint density at radius 1 is 1.47 bits per heavy atom. The van der Waals surface area contributed by atoms with Gasteiger partial charge >= 0.3 is 5.97 Å². The van der Waals surface area contributed by atoms with Crippen molar-refractivity contribution in [3.05, 3.63) is 29.8 Å². The molecule has 1 rings (SSSR count). The summed E-state index contributed by atoms with van der Waals surface area (Å²) in [5.41, 5.74) is 1.12. The number of nitrogens with zero attached hydrogens (tertiary/aromatic N) is 1. The van der Waals surface area contributed by atoms with Gasteiger partial charge in [0.25, 0.3) is 0 Å². The molecule has 0 amide bonds. The maximum atomic E-state index is 11.0. The van der Waals surface area contributed by atoms with Gasteiger partial charge in [0.2, 0.25) is 0 Å². The fraction of sp³-hybridized carbons (Fsp3) is 0.300. The zero-order chi connectivity index (χ0) is 13.0. The Labute approximate surface area is 101 Å². The molecule has 0 radical (unpaired) electrons. The number of hydrogen-bond donors (Lipinski definition) is 2. The van der Waals surface area contributed by atoms with E-state index in [1.165, 1.54) is 12.1 Å². The summed E-state index contributed by atoms with van der Waals surface area (Å²) >= 11 is -2.77. The molecule has 2 unspecified atom stereocenters. The van der Waals surface area contributed by atoms with Crippen LogP contribution in [0.15, 0.2) is 24.3 Å². The van der Waals surface area contributed by atoms with Crippen molar-refractivity contribution < 1.29 is 23.8 Å². The molecule has 94 valence electrons. The molecule has 0 aromatic heterocycles. The second-order valence-electron chi connectivity index (χ2n) is 3.42. The van der Waals surface area contributed by atoms with E-state index in [9.17, 15) is 13.6 Å². The highest BCUT2D eigenvalue weighted by Crippen LogP contribution is 2.19. The number of aryl methyl sites for hydroxylation is 1. The van der Waals surface area contributed by atoms with Crippen LogP contribution in [-0.2, 0) is 16.1 Å². The third kappa shape index (κ3) is 3.26. The standard InChI is InChI=1S/C10H13NO5S/c1-7-2-4-8(5-3-7)11(17(15)16)9(6-12)10(13)14/h2-5,9,12H,6H2,1H3,(H,13,14)(H,15,16)/p-1. The highest BCUT2D eigenvalue weighted by Gasteiger charge is 2.26. The SMILES string of the molecule is Cc1ccc(N(C(CO)C(=O)O)S(=O)[O-])cc1. The fourth-order valence-corrected chi connectivity index (χ4v) is 1.97. The molecule has 17 heavy (non-hydrogen) atoms. The molecule has 0 spiro atoms. The third-order valence-electron chi connectivity index (χ3n) is 2.19. The molecule has 1 aromatic carbocycles. The second kappa shape index (κ2) is 5.76. The van der Waals surface area contributed by atoms with Crippen molar-refractivity contribution in [1.82, 2.24) is 0 Å². The summed E-state index contributed by atoms with van der Waals surface area (Å²) in [7, 11) is 0. The average Bonchev–Trinajstić information content (AvgIpc) is 2.26. The van der Waals surface area contributed by atoms with Gasteiger partial charge in [-0.05, 0) is 19.1 Å². The smallest absolute Gasteiger partial charge is 0.329 e. The van der Waals surface area contributed by atoms with Crippen molar-refractivity contribution in [2.45, 2.75) is 13.0 Å². The van der Waals surface area contributed by atoms with E-state index in [4.69, 9.17) is 10.2 Å². The minimum Gasteiger partial charge on any atom is -0.755 e. The van der Waals surface area contributed by atoms with Crippen molar-refractivity contribution in [3.8, 4) is 0 Å². The lowest BCUT2D eigenvalue weighted by molar-refractivity contribution is -0.139. The minimum atomic E-state index is -2.77. The number of rotatable bonds is 5. The first-order valence-electron chi connectivity index (χ1n) is 4.76. The number of aliphatic carboxylic acids is 1. The third-order valence-corrected chi connectivity index (χ3v) is 2.98. The van der Waals surface area contributed by atoms with Gasteiger partial charge in [0, 0.05) is 17.0 Å². The van der Waals surface area contributed by atoms with Crippen LogP contribution in [0.25, 0.3) is 0 Å². The topological polar surface area (TPSA) is 101 Å². The molecule has 7 heteroatoms. The lowest BCUT2D eigenvalue weighted by Gasteiger charge is -2.30. The Hall–Kier alpha value is -1.44. The zero-order valence-corrected chi connectivity index (χ0v) is 9.88. The molecule has 0 aliphatic rings. The van der Waals surface area contributed by atoms with Crippen molar-refractivity contribution in [2.24, 2.45) is 0 Å². The zero-order valence-electron chi connectivity index (χ0n) is 9.07. The Morgan fingerprint density at radius 2 is 2.00 bits per heavy atom. The van der Waals surface area contributed by atoms with E-state index in [1.807, 2.05) is 6.92 Å². The predicted octanol–water partition coefficient (Wildman–Crippen LogP) is 0.0410. The number of carbonyl (C=O) groups is 1. The van der Waals surface area contributed by atoms with Gasteiger partial charge in [-0.25, -0.2) is 4.79 Å². The Kier molecular flexibility index (Phi) is 4.62. The van der Waals surface area contributed by atoms with Gasteiger partial charge in [0.05, 0.1) is 6.61 Å². The van der Waals surface area contributed by atoms with E-state index in [1.54, 1.807) is 12.1 Å². The number of hydrogen-bond acceptors (Lipinski definition) is 4. The first-order valence-corrected chi connectivity index (χ1v) is 5.79. The first kappa shape index (κ1) is 13.6. The Morgan fingerprint density at radius 3 is 2.35 bits per heavy atom. The van der Waals surface area contributed by atoms with Gasteiger partial charge in [-0.15, -0.1) is 0 Å². The van der Waals surface area contributed by atoms with Gasteiger partial charge in [-0.3, -0.25) is 8.51 Å². The van der Waals surface area contributed by atoms with Crippen LogP contribution in [0.4, 0.5) is 5.69 Å². The summed E-state index contributed by atoms with van der Waals surface area (Å²) in [4.78, 5) is 10.8. The van der Waals surface area contributed by atoms with E-state index in [-0.39, 0.29) is 5.69 Å². The van der Waals surface area contributed by atoms with Crippen molar-refractivity contribution in [1.29, 1.82) is 0 Å². The summed E-state index contributed by atoms with van der Waals surface area (Å²) in [5.74, 6) is -1.41. The van der Waals surface area contributed by atoms with Gasteiger partial charge in [-0.1, -0.05) is 17.7 Å². The lowest BCUT2D eigenvalue weighted by Crippen LogP contribution is -2.45. The molecule has 0 saturated heterocycles. The molecule has 0 fully saturated rings. The fourth-order valence-electron chi connectivity index (χ4n) is 1.31. The normalized spacial score (nSPS) is 14.1. The van der Waals surface area contributed by atoms with Crippen molar-refractivity contribution in [2.75, 3.05) is 10.9 Å². The van der Waals surface area contributed by atoms with Crippen LogP contribution in [0.1, 0.15) is 5.56 Å². The van der Waals surface area contributed by atoms with E-state index in [0.29, 0.717) is 4.31 Å². The average molecular weight is 258 g/mol. The molecule has 2 atom stereocenters. The second-order valence-corrected chi connectivity index (χ2v) is 4.24. The predicted molar refractivity (Wildman–Crippen MR) is 61.1 cm³/mol. The minimum absolute atomic E-state index is 0.199. The molecule has 1 aromatic rings. The van der Waals surface area contributed by atoms with E-state index >= 15 is 0 Å². The largest absolute Gasteiger partial charge is 0.755 e. The number of carboxylic acid groups (broad SMARTS) is 1. The Balaban J connectivity index is 3.12. The Bertz CT molecular complexity index is 419. The van der Waals surface area contributed by atoms with Crippen LogP contribution in [0.5, 0.6) is 0 Å². The summed E-state index contributed by atoms with van der Waals surface area (Å²) < 4.78 is 22.7. The molecule has 0 aliphatic heterocycles. The highest BCUT2D eigenvalue weighted by atomic mass is 32.2. The first-order chi connectivity index (χ1) is 7.97. The molecule has 0 aliphatic carbocycles. The molecule has 0 bridgehead atoms. The number of benzene rings is 1. The van der Waals surface area contributed by atoms with Crippen molar-refractivity contribution >= 4 is 22.9 Å². The molecule has 2 N–H and O–H groups in total. The highest BCUT2D eigenvalue weighted by molar-refractivity contribution is 7.80.